The van der Waals surface area contributed by atoms with Gasteiger partial charge in [0.15, 0.2) is 0 Å². The van der Waals surface area contributed by atoms with Crippen LogP contribution in [0.5, 0.6) is 0 Å². The van der Waals surface area contributed by atoms with Crippen molar-refractivity contribution in [3.8, 4) is 0 Å². The third kappa shape index (κ3) is 1.66. The summed E-state index contributed by atoms with van der Waals surface area (Å²) in [7, 11) is 0. The molecular weight excluding hydrogens is 146 g/mol. The Morgan fingerprint density at radius 3 is 2.60 bits per heavy atom. The summed E-state index contributed by atoms with van der Waals surface area (Å²) in [5.74, 6) is 0.155. The Hall–Kier alpha value is -0.180. The number of rotatable bonds is 0. The molecule has 0 unspecified atom stereocenters. The van der Waals surface area contributed by atoms with Crippen molar-refractivity contribution < 1.29 is 4.79 Å². The summed E-state index contributed by atoms with van der Waals surface area (Å²) in [5.41, 5.74) is 0.260. The minimum Gasteiger partial charge on any atom is -0.289 e. The van der Waals surface area contributed by atoms with Gasteiger partial charge in [0.1, 0.15) is 0 Å². The molecule has 1 rings (SSSR count). The summed E-state index contributed by atoms with van der Waals surface area (Å²) < 4.78 is 1.52. The van der Waals surface area contributed by atoms with Crippen molar-refractivity contribution in [2.24, 2.45) is 5.41 Å². The molecule has 0 N–H and O–H groups in total. The zero-order valence-electron chi connectivity index (χ0n) is 6.42. The number of piperidine rings is 1. The van der Waals surface area contributed by atoms with E-state index in [1.54, 1.807) is 0 Å². The fourth-order valence-corrected chi connectivity index (χ4v) is 1.63. The van der Waals surface area contributed by atoms with Crippen molar-refractivity contribution in [2.75, 3.05) is 6.54 Å². The number of nitrogens with zero attached hydrogens (tertiary/aromatic N) is 1. The lowest BCUT2D eigenvalue weighted by Gasteiger charge is -2.34. The van der Waals surface area contributed by atoms with E-state index in [1.165, 1.54) is 4.31 Å². The molecule has 10 heavy (non-hydrogen) atoms. The van der Waals surface area contributed by atoms with Gasteiger partial charge >= 0.3 is 0 Å². The van der Waals surface area contributed by atoms with Gasteiger partial charge in [-0.1, -0.05) is 26.7 Å². The lowest BCUT2D eigenvalue weighted by atomic mass is 9.85. The predicted molar refractivity (Wildman–Crippen MR) is 43.7 cm³/mol. The summed E-state index contributed by atoms with van der Waals surface area (Å²) in [4.78, 5) is 10.9. The summed E-state index contributed by atoms with van der Waals surface area (Å²) in [6.07, 6.45) is 1.64. The van der Waals surface area contributed by atoms with Crippen molar-refractivity contribution in [2.45, 2.75) is 26.7 Å². The van der Waals surface area contributed by atoms with Gasteiger partial charge in [-0.15, -0.1) is 0 Å². The lowest BCUT2D eigenvalue weighted by Crippen LogP contribution is -2.38. The Kier molecular flexibility index (Phi) is 1.95. The van der Waals surface area contributed by atoms with Gasteiger partial charge in [-0.2, -0.15) is 0 Å². The average molecular weight is 159 g/mol. The normalized spacial score (nSPS) is 25.1. The standard InChI is InChI=1S/C7H13NOS/c1-7(2)4-3-6(9)8(10)5-7/h10H,3-5H2,1-2H3. The Morgan fingerprint density at radius 2 is 2.20 bits per heavy atom. The molecule has 0 radical (unpaired) electrons. The van der Waals surface area contributed by atoms with E-state index in [0.717, 1.165) is 13.0 Å². The molecule has 1 aliphatic heterocycles. The van der Waals surface area contributed by atoms with Crippen LogP contribution in [0.25, 0.3) is 0 Å². The molecule has 0 aromatic carbocycles. The van der Waals surface area contributed by atoms with Crippen molar-refractivity contribution in [3.63, 3.8) is 0 Å². The molecule has 1 saturated heterocycles. The van der Waals surface area contributed by atoms with Gasteiger partial charge in [-0.25, -0.2) is 0 Å². The third-order valence-electron chi connectivity index (χ3n) is 1.88. The molecule has 1 amide bonds. The number of carbonyl (C=O) groups is 1. The van der Waals surface area contributed by atoms with E-state index in [4.69, 9.17) is 0 Å². The topological polar surface area (TPSA) is 20.3 Å². The van der Waals surface area contributed by atoms with Crippen LogP contribution in [0.3, 0.4) is 0 Å². The molecule has 0 aliphatic carbocycles. The van der Waals surface area contributed by atoms with Crippen LogP contribution in [0.4, 0.5) is 0 Å². The second kappa shape index (κ2) is 2.46. The average Bonchev–Trinajstić information content (AvgIpc) is 1.79. The van der Waals surface area contributed by atoms with Crippen LogP contribution in [0, 0.1) is 5.41 Å². The first-order valence-corrected chi connectivity index (χ1v) is 3.90. The van der Waals surface area contributed by atoms with E-state index in [1.807, 2.05) is 0 Å². The molecule has 2 nitrogen and oxygen atoms in total. The minimum absolute atomic E-state index is 0.155. The van der Waals surface area contributed by atoms with Gasteiger partial charge in [0.05, 0.1) is 0 Å². The molecule has 0 aromatic heterocycles. The maximum absolute atomic E-state index is 10.9. The number of hydrogen-bond donors (Lipinski definition) is 1. The first-order valence-electron chi connectivity index (χ1n) is 3.50. The maximum Gasteiger partial charge on any atom is 0.232 e. The molecule has 58 valence electrons. The number of thiol groups is 1. The number of hydrogen-bond acceptors (Lipinski definition) is 2. The summed E-state index contributed by atoms with van der Waals surface area (Å²) in [6.45, 7) is 5.08. The Morgan fingerprint density at radius 1 is 1.60 bits per heavy atom. The molecule has 1 aliphatic rings. The predicted octanol–water partition coefficient (Wildman–Crippen LogP) is 1.48. The maximum atomic E-state index is 10.9. The molecule has 1 heterocycles. The first-order chi connectivity index (χ1) is 4.51. The van der Waals surface area contributed by atoms with E-state index in [2.05, 4.69) is 26.7 Å². The zero-order chi connectivity index (χ0) is 7.78. The van der Waals surface area contributed by atoms with E-state index < -0.39 is 0 Å². The smallest absolute Gasteiger partial charge is 0.232 e. The van der Waals surface area contributed by atoms with Gasteiger partial charge in [0.2, 0.25) is 5.91 Å². The van der Waals surface area contributed by atoms with Crippen LogP contribution >= 0.6 is 12.8 Å². The largest absolute Gasteiger partial charge is 0.289 e. The van der Waals surface area contributed by atoms with Gasteiger partial charge in [-0.3, -0.25) is 9.10 Å². The second-order valence-corrected chi connectivity index (χ2v) is 4.10. The molecule has 1 fully saturated rings. The highest BCUT2D eigenvalue weighted by Crippen LogP contribution is 2.29. The number of amides is 1. The van der Waals surface area contributed by atoms with Crippen LogP contribution in [0.1, 0.15) is 26.7 Å². The summed E-state index contributed by atoms with van der Waals surface area (Å²) >= 11 is 4.05. The molecule has 0 bridgehead atoms. The van der Waals surface area contributed by atoms with E-state index in [0.29, 0.717) is 6.42 Å². The number of carbonyl (C=O) groups excluding carboxylic acids is 1. The second-order valence-electron chi connectivity index (χ2n) is 3.62. The van der Waals surface area contributed by atoms with Crippen LogP contribution in [0.2, 0.25) is 0 Å². The Labute approximate surface area is 67.1 Å². The van der Waals surface area contributed by atoms with Gasteiger partial charge in [0.25, 0.3) is 0 Å². The van der Waals surface area contributed by atoms with Crippen molar-refractivity contribution in [3.05, 3.63) is 0 Å². The molecule has 0 saturated carbocycles. The van der Waals surface area contributed by atoms with Gasteiger partial charge in [-0.05, 0) is 11.8 Å². The highest BCUT2D eigenvalue weighted by atomic mass is 32.1. The third-order valence-corrected chi connectivity index (χ3v) is 2.25. The minimum atomic E-state index is 0.155. The SMILES string of the molecule is CC1(C)CCC(=O)N(S)C1. The molecular formula is C7H13NOS. The van der Waals surface area contributed by atoms with Crippen molar-refractivity contribution >= 4 is 18.7 Å². The fraction of sp³-hybridized carbons (Fsp3) is 0.857. The van der Waals surface area contributed by atoms with Crippen LogP contribution in [0.15, 0.2) is 0 Å². The van der Waals surface area contributed by atoms with Gasteiger partial charge in [0, 0.05) is 13.0 Å². The first kappa shape index (κ1) is 7.92. The van der Waals surface area contributed by atoms with Crippen LogP contribution < -0.4 is 0 Å². The fourth-order valence-electron chi connectivity index (χ4n) is 1.15. The van der Waals surface area contributed by atoms with E-state index in [-0.39, 0.29) is 11.3 Å². The molecule has 0 atom stereocenters. The highest BCUT2D eigenvalue weighted by Gasteiger charge is 2.29. The van der Waals surface area contributed by atoms with Gasteiger partial charge < -0.3 is 0 Å². The lowest BCUT2D eigenvalue weighted by molar-refractivity contribution is -0.130. The van der Waals surface area contributed by atoms with E-state index in [9.17, 15) is 4.79 Å². The van der Waals surface area contributed by atoms with Crippen LogP contribution in [-0.2, 0) is 4.79 Å². The highest BCUT2D eigenvalue weighted by molar-refractivity contribution is 7.78. The summed E-state index contributed by atoms with van der Waals surface area (Å²) in [5, 5.41) is 0. The summed E-state index contributed by atoms with van der Waals surface area (Å²) in [6, 6.07) is 0. The Balaban J connectivity index is 2.57. The molecule has 0 aromatic rings. The molecule has 3 heteroatoms. The van der Waals surface area contributed by atoms with E-state index >= 15 is 0 Å². The van der Waals surface area contributed by atoms with Crippen LogP contribution in [-0.4, -0.2) is 16.8 Å². The van der Waals surface area contributed by atoms with Crippen molar-refractivity contribution in [1.82, 2.24) is 4.31 Å². The molecule has 0 spiro atoms. The van der Waals surface area contributed by atoms with Crippen molar-refractivity contribution in [1.29, 1.82) is 0 Å². The quantitative estimate of drug-likeness (QED) is 0.531. The monoisotopic (exact) mass is 159 g/mol. The Bertz CT molecular complexity index is 156. The zero-order valence-corrected chi connectivity index (χ0v) is 7.32.